The van der Waals surface area contributed by atoms with Crippen molar-refractivity contribution in [2.45, 2.75) is 18.9 Å². The minimum absolute atomic E-state index is 0.118. The lowest BCUT2D eigenvalue weighted by Crippen LogP contribution is -2.33. The monoisotopic (exact) mass is 389 g/mol. The fourth-order valence-electron chi connectivity index (χ4n) is 4.12. The molecule has 2 aliphatic rings. The number of rotatable bonds is 3. The molecule has 2 aliphatic heterocycles. The minimum atomic E-state index is -0.156. The average molecular weight is 389 g/mol. The van der Waals surface area contributed by atoms with Crippen molar-refractivity contribution in [1.82, 2.24) is 20.1 Å². The van der Waals surface area contributed by atoms with Crippen molar-refractivity contribution < 1.29 is 9.53 Å². The van der Waals surface area contributed by atoms with E-state index >= 15 is 0 Å². The summed E-state index contributed by atoms with van der Waals surface area (Å²) in [4.78, 5) is 19.6. The molecule has 29 heavy (non-hydrogen) atoms. The van der Waals surface area contributed by atoms with Gasteiger partial charge in [0.1, 0.15) is 17.3 Å². The number of benzene rings is 1. The second-order valence-corrected chi connectivity index (χ2v) is 7.61. The Labute approximate surface area is 169 Å². The zero-order chi connectivity index (χ0) is 20.0. The fourth-order valence-corrected chi connectivity index (χ4v) is 4.12. The number of likely N-dealkylation sites (N-methyl/N-ethyl adjacent to an activating group) is 1. The van der Waals surface area contributed by atoms with Gasteiger partial charge >= 0.3 is 0 Å². The van der Waals surface area contributed by atoms with Gasteiger partial charge in [-0.05, 0) is 42.3 Å². The predicted molar refractivity (Wildman–Crippen MR) is 110 cm³/mol. The Morgan fingerprint density at radius 3 is 2.93 bits per heavy atom. The number of carbonyl (C=O) groups excluding carboxylic acids is 1. The van der Waals surface area contributed by atoms with Gasteiger partial charge in [-0.1, -0.05) is 6.07 Å². The van der Waals surface area contributed by atoms with E-state index < -0.39 is 0 Å². The molecule has 0 fully saturated rings. The van der Waals surface area contributed by atoms with E-state index in [4.69, 9.17) is 4.74 Å². The van der Waals surface area contributed by atoms with Gasteiger partial charge in [0.25, 0.3) is 5.91 Å². The first-order valence-corrected chi connectivity index (χ1v) is 9.87. The van der Waals surface area contributed by atoms with Crippen molar-refractivity contribution in [3.05, 3.63) is 59.4 Å². The molecule has 3 aromatic rings. The molecule has 0 radical (unpaired) electrons. The van der Waals surface area contributed by atoms with E-state index in [-0.39, 0.29) is 11.9 Å². The molecule has 1 aromatic carbocycles. The summed E-state index contributed by atoms with van der Waals surface area (Å²) >= 11 is 0. The highest BCUT2D eigenvalue weighted by Gasteiger charge is 2.26. The summed E-state index contributed by atoms with van der Waals surface area (Å²) in [6.45, 7) is 1.51. The van der Waals surface area contributed by atoms with Crippen LogP contribution in [-0.4, -0.2) is 40.9 Å². The first-order valence-electron chi connectivity index (χ1n) is 9.87. The Hall–Kier alpha value is -3.35. The van der Waals surface area contributed by atoms with Crippen LogP contribution in [0.25, 0.3) is 11.3 Å². The van der Waals surface area contributed by atoms with Crippen molar-refractivity contribution in [1.29, 1.82) is 0 Å². The summed E-state index contributed by atoms with van der Waals surface area (Å²) in [6, 6.07) is 11.8. The number of carbonyl (C=O) groups is 1. The van der Waals surface area contributed by atoms with Gasteiger partial charge in [0.15, 0.2) is 0 Å². The maximum Gasteiger partial charge on any atom is 0.270 e. The standard InChI is InChI=1S/C22H23N5O2/c1-26-11-8-14-3-5-18(24-21(14)26)22(28)25-17-9-12-29-20-6-4-15(13-16(17)20)19-7-10-23-27(19)2/h3-7,10,13,17H,8-9,11-12H2,1-2H3,(H,25,28). The SMILES string of the molecule is CN1CCc2ccc(C(=O)NC3CCOc4ccc(-c5ccnn5C)cc43)nc21. The molecule has 7 nitrogen and oxygen atoms in total. The number of aromatic nitrogens is 3. The third-order valence-electron chi connectivity index (χ3n) is 5.74. The molecular weight excluding hydrogens is 366 g/mol. The number of pyridine rings is 1. The Morgan fingerprint density at radius 2 is 2.10 bits per heavy atom. The molecule has 148 valence electrons. The summed E-state index contributed by atoms with van der Waals surface area (Å²) in [5.41, 5.74) is 4.70. The van der Waals surface area contributed by atoms with Crippen molar-refractivity contribution in [3.63, 3.8) is 0 Å². The van der Waals surface area contributed by atoms with E-state index in [9.17, 15) is 4.79 Å². The Morgan fingerprint density at radius 1 is 1.21 bits per heavy atom. The van der Waals surface area contributed by atoms with Crippen LogP contribution < -0.4 is 15.0 Å². The van der Waals surface area contributed by atoms with Crippen LogP contribution in [0.4, 0.5) is 5.82 Å². The maximum absolute atomic E-state index is 12.9. The van der Waals surface area contributed by atoms with Gasteiger partial charge in [0, 0.05) is 44.4 Å². The molecule has 2 aromatic heterocycles. The van der Waals surface area contributed by atoms with E-state index in [2.05, 4.69) is 26.4 Å². The predicted octanol–water partition coefficient (Wildman–Crippen LogP) is 2.73. The van der Waals surface area contributed by atoms with Crippen LogP contribution in [0.5, 0.6) is 5.75 Å². The normalized spacial score (nSPS) is 17.4. The molecule has 0 spiro atoms. The van der Waals surface area contributed by atoms with Crippen LogP contribution >= 0.6 is 0 Å². The fraction of sp³-hybridized carbons (Fsp3) is 0.318. The number of hydrogen-bond donors (Lipinski definition) is 1. The van der Waals surface area contributed by atoms with Crippen LogP contribution in [0.2, 0.25) is 0 Å². The second kappa shape index (κ2) is 6.92. The van der Waals surface area contributed by atoms with Crippen LogP contribution in [0, 0.1) is 0 Å². The van der Waals surface area contributed by atoms with Crippen molar-refractivity contribution in [2.24, 2.45) is 7.05 Å². The number of nitrogens with zero attached hydrogens (tertiary/aromatic N) is 4. The van der Waals surface area contributed by atoms with Crippen LogP contribution in [0.1, 0.15) is 34.1 Å². The summed E-state index contributed by atoms with van der Waals surface area (Å²) in [5, 5.41) is 7.41. The van der Waals surface area contributed by atoms with Crippen LogP contribution in [0.15, 0.2) is 42.6 Å². The molecule has 0 bridgehead atoms. The van der Waals surface area contributed by atoms with Crippen molar-refractivity contribution >= 4 is 11.7 Å². The number of nitrogens with one attached hydrogen (secondary N) is 1. The lowest BCUT2D eigenvalue weighted by Gasteiger charge is -2.27. The molecule has 1 unspecified atom stereocenters. The summed E-state index contributed by atoms with van der Waals surface area (Å²) in [7, 11) is 3.93. The van der Waals surface area contributed by atoms with Crippen molar-refractivity contribution in [3.8, 4) is 17.0 Å². The first-order chi connectivity index (χ1) is 14.1. The van der Waals surface area contributed by atoms with E-state index in [0.717, 1.165) is 47.8 Å². The van der Waals surface area contributed by atoms with Gasteiger partial charge in [-0.15, -0.1) is 0 Å². The van der Waals surface area contributed by atoms with Crippen LogP contribution in [-0.2, 0) is 13.5 Å². The Bertz CT molecular complexity index is 1090. The zero-order valence-corrected chi connectivity index (χ0v) is 16.6. The summed E-state index contributed by atoms with van der Waals surface area (Å²) < 4.78 is 7.66. The third kappa shape index (κ3) is 3.12. The molecule has 7 heteroatoms. The van der Waals surface area contributed by atoms with Crippen molar-refractivity contribution in [2.75, 3.05) is 25.1 Å². The Balaban J connectivity index is 1.43. The first kappa shape index (κ1) is 17.7. The molecule has 4 heterocycles. The quantitative estimate of drug-likeness (QED) is 0.746. The minimum Gasteiger partial charge on any atom is -0.493 e. The second-order valence-electron chi connectivity index (χ2n) is 7.61. The van der Waals surface area contributed by atoms with E-state index in [1.807, 2.05) is 49.1 Å². The largest absolute Gasteiger partial charge is 0.493 e. The van der Waals surface area contributed by atoms with Gasteiger partial charge in [0.2, 0.25) is 0 Å². The molecule has 0 saturated heterocycles. The highest BCUT2D eigenvalue weighted by Crippen LogP contribution is 2.35. The number of amides is 1. The third-order valence-corrected chi connectivity index (χ3v) is 5.74. The number of fused-ring (bicyclic) bond motifs is 2. The van der Waals surface area contributed by atoms with Gasteiger partial charge in [0.05, 0.1) is 18.3 Å². The molecule has 1 amide bonds. The maximum atomic E-state index is 12.9. The highest BCUT2D eigenvalue weighted by molar-refractivity contribution is 5.93. The topological polar surface area (TPSA) is 72.3 Å². The van der Waals surface area contributed by atoms with Gasteiger partial charge < -0.3 is 15.0 Å². The van der Waals surface area contributed by atoms with Gasteiger partial charge in [-0.2, -0.15) is 5.10 Å². The van der Waals surface area contributed by atoms with E-state index in [1.165, 1.54) is 5.56 Å². The lowest BCUT2D eigenvalue weighted by molar-refractivity contribution is 0.0920. The average Bonchev–Trinajstić information content (AvgIpc) is 3.33. The molecule has 0 saturated carbocycles. The van der Waals surface area contributed by atoms with Crippen LogP contribution in [0.3, 0.4) is 0 Å². The smallest absolute Gasteiger partial charge is 0.270 e. The molecule has 1 atom stereocenters. The number of anilines is 1. The highest BCUT2D eigenvalue weighted by atomic mass is 16.5. The summed E-state index contributed by atoms with van der Waals surface area (Å²) in [5.74, 6) is 1.56. The van der Waals surface area contributed by atoms with Gasteiger partial charge in [-0.25, -0.2) is 4.98 Å². The number of hydrogen-bond acceptors (Lipinski definition) is 5. The summed E-state index contributed by atoms with van der Waals surface area (Å²) in [6.07, 6.45) is 3.48. The zero-order valence-electron chi connectivity index (χ0n) is 16.6. The number of ether oxygens (including phenoxy) is 1. The van der Waals surface area contributed by atoms with E-state index in [1.54, 1.807) is 6.20 Å². The van der Waals surface area contributed by atoms with E-state index in [0.29, 0.717) is 12.3 Å². The van der Waals surface area contributed by atoms with Gasteiger partial charge in [-0.3, -0.25) is 9.48 Å². The molecule has 5 rings (SSSR count). The lowest BCUT2D eigenvalue weighted by atomic mass is 9.97. The number of aryl methyl sites for hydroxylation is 1. The molecule has 0 aliphatic carbocycles. The molecule has 1 N–H and O–H groups in total. The Kier molecular flexibility index (Phi) is 4.23. The molecular formula is C22H23N5O2.